The van der Waals surface area contributed by atoms with Crippen LogP contribution in [0.1, 0.15) is 61.0 Å². The van der Waals surface area contributed by atoms with E-state index in [1.54, 1.807) is 0 Å². The SMILES string of the molecule is Cc1cccc(C(C)(C)CNC(=O)c2sc(NC(=O)C(C)(C)C)cc2C)c1. The highest BCUT2D eigenvalue weighted by atomic mass is 32.1. The van der Waals surface area contributed by atoms with Crippen LogP contribution in [-0.4, -0.2) is 18.4 Å². The Morgan fingerprint density at radius 2 is 1.70 bits per heavy atom. The summed E-state index contributed by atoms with van der Waals surface area (Å²) < 4.78 is 0. The number of hydrogen-bond donors (Lipinski definition) is 2. The van der Waals surface area contributed by atoms with Crippen molar-refractivity contribution in [1.82, 2.24) is 5.32 Å². The van der Waals surface area contributed by atoms with Crippen LogP contribution < -0.4 is 10.6 Å². The van der Waals surface area contributed by atoms with E-state index in [0.29, 0.717) is 16.4 Å². The monoisotopic (exact) mass is 386 g/mol. The molecule has 4 nitrogen and oxygen atoms in total. The van der Waals surface area contributed by atoms with E-state index < -0.39 is 5.41 Å². The molecule has 0 radical (unpaired) electrons. The standard InChI is InChI=1S/C22H30N2O2S/c1-14-9-8-10-16(11-14)22(6,7)13-23-19(25)18-15(2)12-17(27-18)24-20(26)21(3,4)5/h8-12H,13H2,1-7H3,(H,23,25)(H,24,26). The van der Waals surface area contributed by atoms with E-state index >= 15 is 0 Å². The van der Waals surface area contributed by atoms with Gasteiger partial charge in [0.05, 0.1) is 9.88 Å². The summed E-state index contributed by atoms with van der Waals surface area (Å²) in [6.07, 6.45) is 0. The van der Waals surface area contributed by atoms with Crippen molar-refractivity contribution in [3.8, 4) is 0 Å². The third kappa shape index (κ3) is 5.42. The Morgan fingerprint density at radius 3 is 2.30 bits per heavy atom. The topological polar surface area (TPSA) is 58.2 Å². The predicted octanol–water partition coefficient (Wildman–Crippen LogP) is 5.06. The molecule has 2 N–H and O–H groups in total. The van der Waals surface area contributed by atoms with Gasteiger partial charge in [0.25, 0.3) is 5.91 Å². The summed E-state index contributed by atoms with van der Waals surface area (Å²) in [6, 6.07) is 10.2. The molecule has 0 spiro atoms. The second-order valence-electron chi connectivity index (χ2n) is 8.76. The molecule has 5 heteroatoms. The molecular weight excluding hydrogens is 356 g/mol. The lowest BCUT2D eigenvalue weighted by molar-refractivity contribution is -0.123. The van der Waals surface area contributed by atoms with Crippen molar-refractivity contribution in [2.24, 2.45) is 5.41 Å². The zero-order valence-electron chi connectivity index (χ0n) is 17.3. The van der Waals surface area contributed by atoms with Crippen LogP contribution in [0.25, 0.3) is 0 Å². The second kappa shape index (κ2) is 7.85. The first-order valence-corrected chi connectivity index (χ1v) is 9.99. The lowest BCUT2D eigenvalue weighted by Gasteiger charge is -2.26. The number of carbonyl (C=O) groups is 2. The first-order valence-electron chi connectivity index (χ1n) is 9.17. The van der Waals surface area contributed by atoms with Gasteiger partial charge in [-0.1, -0.05) is 64.4 Å². The van der Waals surface area contributed by atoms with Crippen LogP contribution in [0.15, 0.2) is 30.3 Å². The molecule has 1 aromatic carbocycles. The van der Waals surface area contributed by atoms with E-state index in [4.69, 9.17) is 0 Å². The smallest absolute Gasteiger partial charge is 0.261 e. The molecule has 2 rings (SSSR count). The third-order valence-corrected chi connectivity index (χ3v) is 5.68. The molecule has 1 aromatic heterocycles. The molecule has 0 aliphatic rings. The van der Waals surface area contributed by atoms with Gasteiger partial charge in [-0.2, -0.15) is 0 Å². The first kappa shape index (κ1) is 21.2. The van der Waals surface area contributed by atoms with Gasteiger partial charge in [-0.25, -0.2) is 0 Å². The fourth-order valence-corrected chi connectivity index (χ4v) is 3.60. The molecule has 2 amide bonds. The Hall–Kier alpha value is -2.14. The quantitative estimate of drug-likeness (QED) is 0.755. The van der Waals surface area contributed by atoms with Gasteiger partial charge in [0.2, 0.25) is 5.91 Å². The Bertz CT molecular complexity index is 844. The molecule has 0 bridgehead atoms. The van der Waals surface area contributed by atoms with Crippen LogP contribution in [0.3, 0.4) is 0 Å². The molecule has 0 aliphatic carbocycles. The summed E-state index contributed by atoms with van der Waals surface area (Å²) in [5, 5.41) is 6.66. The summed E-state index contributed by atoms with van der Waals surface area (Å²) in [5.74, 6) is -0.161. The molecule has 27 heavy (non-hydrogen) atoms. The minimum Gasteiger partial charge on any atom is -0.350 e. The van der Waals surface area contributed by atoms with Gasteiger partial charge in [0, 0.05) is 17.4 Å². The molecule has 1 heterocycles. The maximum Gasteiger partial charge on any atom is 0.261 e. The number of rotatable bonds is 5. The number of thiophene rings is 1. The molecule has 2 aromatic rings. The normalized spacial score (nSPS) is 12.0. The van der Waals surface area contributed by atoms with Crippen molar-refractivity contribution >= 4 is 28.2 Å². The largest absolute Gasteiger partial charge is 0.350 e. The number of aryl methyl sites for hydroxylation is 2. The number of nitrogens with one attached hydrogen (secondary N) is 2. The van der Waals surface area contributed by atoms with Gasteiger partial charge in [0.15, 0.2) is 0 Å². The zero-order valence-corrected chi connectivity index (χ0v) is 18.1. The number of carbonyl (C=O) groups excluding carboxylic acids is 2. The Morgan fingerprint density at radius 1 is 1.04 bits per heavy atom. The van der Waals surface area contributed by atoms with Crippen LogP contribution >= 0.6 is 11.3 Å². The van der Waals surface area contributed by atoms with Crippen molar-refractivity contribution < 1.29 is 9.59 Å². The van der Waals surface area contributed by atoms with Crippen molar-refractivity contribution in [2.75, 3.05) is 11.9 Å². The van der Waals surface area contributed by atoms with E-state index in [2.05, 4.69) is 49.6 Å². The molecule has 0 saturated carbocycles. The van der Waals surface area contributed by atoms with Gasteiger partial charge < -0.3 is 10.6 Å². The van der Waals surface area contributed by atoms with Crippen molar-refractivity contribution in [1.29, 1.82) is 0 Å². The summed E-state index contributed by atoms with van der Waals surface area (Å²) in [6.45, 7) is 14.3. The maximum absolute atomic E-state index is 12.7. The van der Waals surface area contributed by atoms with Crippen molar-refractivity contribution in [3.05, 3.63) is 51.9 Å². The number of benzene rings is 1. The number of amides is 2. The molecule has 0 fully saturated rings. The lowest BCUT2D eigenvalue weighted by Crippen LogP contribution is -2.36. The van der Waals surface area contributed by atoms with Crippen LogP contribution in [0.2, 0.25) is 0 Å². The highest BCUT2D eigenvalue weighted by Gasteiger charge is 2.25. The average molecular weight is 387 g/mol. The van der Waals surface area contributed by atoms with Gasteiger partial charge in [-0.05, 0) is 31.0 Å². The summed E-state index contributed by atoms with van der Waals surface area (Å²) in [4.78, 5) is 25.5. The molecule has 0 atom stereocenters. The Balaban J connectivity index is 2.07. The Kier molecular flexibility index (Phi) is 6.15. The highest BCUT2D eigenvalue weighted by Crippen LogP contribution is 2.29. The van der Waals surface area contributed by atoms with Crippen LogP contribution in [-0.2, 0) is 10.2 Å². The van der Waals surface area contributed by atoms with E-state index in [-0.39, 0.29) is 17.2 Å². The maximum atomic E-state index is 12.7. The molecule has 0 unspecified atom stereocenters. The van der Waals surface area contributed by atoms with Crippen LogP contribution in [0.5, 0.6) is 0 Å². The van der Waals surface area contributed by atoms with E-state index in [9.17, 15) is 9.59 Å². The average Bonchev–Trinajstić information content (AvgIpc) is 2.92. The molecule has 0 saturated heterocycles. The molecule has 146 valence electrons. The highest BCUT2D eigenvalue weighted by molar-refractivity contribution is 7.18. The third-order valence-electron chi connectivity index (χ3n) is 4.53. The minimum absolute atomic E-state index is 0.0590. The predicted molar refractivity (Wildman–Crippen MR) is 114 cm³/mol. The van der Waals surface area contributed by atoms with Gasteiger partial charge in [-0.3, -0.25) is 9.59 Å². The van der Waals surface area contributed by atoms with E-state index in [1.165, 1.54) is 22.5 Å². The minimum atomic E-state index is -0.474. The van der Waals surface area contributed by atoms with Gasteiger partial charge in [-0.15, -0.1) is 11.3 Å². The van der Waals surface area contributed by atoms with Crippen LogP contribution in [0.4, 0.5) is 5.00 Å². The number of anilines is 1. The Labute approximate surface area is 166 Å². The number of hydrogen-bond acceptors (Lipinski definition) is 3. The van der Waals surface area contributed by atoms with Gasteiger partial charge >= 0.3 is 0 Å². The zero-order chi connectivity index (χ0) is 20.4. The first-order chi connectivity index (χ1) is 12.4. The van der Waals surface area contributed by atoms with E-state index in [0.717, 1.165) is 5.56 Å². The van der Waals surface area contributed by atoms with Crippen LogP contribution in [0, 0.1) is 19.3 Å². The molecular formula is C22H30N2O2S. The van der Waals surface area contributed by atoms with Gasteiger partial charge in [0.1, 0.15) is 0 Å². The second-order valence-corrected chi connectivity index (χ2v) is 9.82. The fourth-order valence-electron chi connectivity index (χ4n) is 2.62. The van der Waals surface area contributed by atoms with E-state index in [1.807, 2.05) is 39.8 Å². The summed E-state index contributed by atoms with van der Waals surface area (Å²) in [7, 11) is 0. The van der Waals surface area contributed by atoms with Crippen molar-refractivity contribution in [3.63, 3.8) is 0 Å². The lowest BCUT2D eigenvalue weighted by atomic mass is 9.84. The molecule has 0 aliphatic heterocycles. The fraction of sp³-hybridized carbons (Fsp3) is 0.455. The summed E-state index contributed by atoms with van der Waals surface area (Å²) in [5.41, 5.74) is 2.63. The summed E-state index contributed by atoms with van der Waals surface area (Å²) >= 11 is 1.32. The van der Waals surface area contributed by atoms with Crippen molar-refractivity contribution in [2.45, 2.75) is 53.9 Å².